The third-order valence-corrected chi connectivity index (χ3v) is 2.88. The summed E-state index contributed by atoms with van der Waals surface area (Å²) in [5.74, 6) is 0. The predicted molar refractivity (Wildman–Crippen MR) is 61.8 cm³/mol. The normalized spacial score (nSPS) is 26.9. The summed E-state index contributed by atoms with van der Waals surface area (Å²) in [4.78, 5) is 0. The molecular formula is C11H14ClFN2O. The van der Waals surface area contributed by atoms with Gasteiger partial charge in [-0.3, -0.25) is 0 Å². The molecule has 1 aromatic rings. The van der Waals surface area contributed by atoms with E-state index in [4.69, 9.17) is 22.1 Å². The topological polar surface area (TPSA) is 38.5 Å². The van der Waals surface area contributed by atoms with Gasteiger partial charge < -0.3 is 10.5 Å². The van der Waals surface area contributed by atoms with Crippen molar-refractivity contribution in [1.82, 2.24) is 5.12 Å². The van der Waals surface area contributed by atoms with Crippen LogP contribution in [0.5, 0.6) is 0 Å². The number of rotatable bonds is 2. The molecule has 0 amide bonds. The summed E-state index contributed by atoms with van der Waals surface area (Å²) in [6, 6.07) is 7.38. The summed E-state index contributed by atoms with van der Waals surface area (Å²) in [7, 11) is 0. The number of morpholine rings is 1. The number of benzene rings is 1. The molecule has 0 saturated carbocycles. The van der Waals surface area contributed by atoms with Crippen molar-refractivity contribution in [3.63, 3.8) is 0 Å². The van der Waals surface area contributed by atoms with E-state index >= 15 is 0 Å². The number of anilines is 1. The predicted octanol–water partition coefficient (Wildman–Crippen LogP) is 1.96. The molecule has 16 heavy (non-hydrogen) atoms. The van der Waals surface area contributed by atoms with Crippen molar-refractivity contribution in [1.29, 1.82) is 0 Å². The highest BCUT2D eigenvalue weighted by molar-refractivity contribution is 6.23. The van der Waals surface area contributed by atoms with Crippen LogP contribution in [0.2, 0.25) is 0 Å². The van der Waals surface area contributed by atoms with Crippen LogP contribution in [-0.4, -0.2) is 29.9 Å². The van der Waals surface area contributed by atoms with Gasteiger partial charge in [0.1, 0.15) is 0 Å². The largest absolute Gasteiger partial charge is 0.399 e. The highest BCUT2D eigenvalue weighted by Crippen LogP contribution is 2.27. The Morgan fingerprint density at radius 3 is 3.06 bits per heavy atom. The van der Waals surface area contributed by atoms with Crippen LogP contribution in [0.25, 0.3) is 0 Å². The molecule has 2 N–H and O–H groups in total. The maximum atomic E-state index is 13.1. The van der Waals surface area contributed by atoms with Crippen LogP contribution in [-0.2, 0) is 11.2 Å². The van der Waals surface area contributed by atoms with E-state index in [0.29, 0.717) is 23.8 Å². The van der Waals surface area contributed by atoms with Gasteiger partial charge in [0.25, 0.3) is 0 Å². The first kappa shape index (κ1) is 11.6. The fourth-order valence-corrected chi connectivity index (χ4v) is 2.18. The third-order valence-electron chi connectivity index (χ3n) is 2.52. The van der Waals surface area contributed by atoms with Gasteiger partial charge in [-0.1, -0.05) is 23.7 Å². The molecular weight excluding hydrogens is 231 g/mol. The summed E-state index contributed by atoms with van der Waals surface area (Å²) in [5.41, 5.74) is 7.29. The standard InChI is InChI=1S/C11H14ClFN2O/c12-11(8-15(13)4-5-16-11)7-9-2-1-3-10(14)6-9/h1-3,6H,4-5,7-8,14H2. The quantitative estimate of drug-likeness (QED) is 0.491. The van der Waals surface area contributed by atoms with Crippen LogP contribution < -0.4 is 5.73 Å². The summed E-state index contributed by atoms with van der Waals surface area (Å²) in [6.07, 6.45) is 0.444. The minimum absolute atomic E-state index is 0.0728. The lowest BCUT2D eigenvalue weighted by molar-refractivity contribution is -0.125. The molecule has 3 nitrogen and oxygen atoms in total. The highest BCUT2D eigenvalue weighted by Gasteiger charge is 2.35. The number of ether oxygens (including phenoxy) is 1. The van der Waals surface area contributed by atoms with E-state index in [1.807, 2.05) is 18.2 Å². The molecule has 1 fully saturated rings. The van der Waals surface area contributed by atoms with Crippen LogP contribution >= 0.6 is 11.6 Å². The van der Waals surface area contributed by atoms with Crippen LogP contribution in [0.1, 0.15) is 5.56 Å². The van der Waals surface area contributed by atoms with E-state index in [1.165, 1.54) is 0 Å². The SMILES string of the molecule is Nc1cccc(CC2(Cl)CN(F)CCO2)c1. The third kappa shape index (κ3) is 2.84. The lowest BCUT2D eigenvalue weighted by Gasteiger charge is -2.34. The Bertz CT molecular complexity index is 377. The molecule has 1 aliphatic heterocycles. The van der Waals surface area contributed by atoms with Gasteiger partial charge in [0.2, 0.25) is 0 Å². The molecule has 1 heterocycles. The average Bonchev–Trinajstić information content (AvgIpc) is 2.16. The van der Waals surface area contributed by atoms with Gasteiger partial charge in [-0.2, -0.15) is 0 Å². The van der Waals surface area contributed by atoms with E-state index in [1.54, 1.807) is 6.07 Å². The zero-order valence-corrected chi connectivity index (χ0v) is 9.58. The molecule has 0 bridgehead atoms. The summed E-state index contributed by atoms with van der Waals surface area (Å²) >= 11 is 6.21. The van der Waals surface area contributed by atoms with E-state index in [9.17, 15) is 4.48 Å². The number of hydrogen-bond acceptors (Lipinski definition) is 3. The van der Waals surface area contributed by atoms with E-state index in [-0.39, 0.29) is 13.1 Å². The van der Waals surface area contributed by atoms with Gasteiger partial charge in [0.15, 0.2) is 5.06 Å². The second kappa shape index (κ2) is 4.57. The lowest BCUT2D eigenvalue weighted by atomic mass is 10.1. The number of nitrogen functional groups attached to an aromatic ring is 1. The molecule has 2 rings (SSSR count). The minimum atomic E-state index is -0.985. The fourth-order valence-electron chi connectivity index (χ4n) is 1.82. The maximum absolute atomic E-state index is 13.1. The molecule has 0 aromatic heterocycles. The monoisotopic (exact) mass is 244 g/mol. The first-order valence-electron chi connectivity index (χ1n) is 5.15. The van der Waals surface area contributed by atoms with Crippen molar-refractivity contribution in [2.45, 2.75) is 11.5 Å². The van der Waals surface area contributed by atoms with Gasteiger partial charge in [-0.25, -0.2) is 0 Å². The van der Waals surface area contributed by atoms with Gasteiger partial charge in [0, 0.05) is 12.1 Å². The average molecular weight is 245 g/mol. The molecule has 88 valence electrons. The molecule has 1 aromatic carbocycles. The summed E-state index contributed by atoms with van der Waals surface area (Å²) in [6.45, 7) is 0.650. The zero-order valence-electron chi connectivity index (χ0n) is 8.83. The van der Waals surface area contributed by atoms with E-state index < -0.39 is 5.06 Å². The fraction of sp³-hybridized carbons (Fsp3) is 0.455. The van der Waals surface area contributed by atoms with Gasteiger partial charge in [-0.15, -0.1) is 9.60 Å². The summed E-state index contributed by atoms with van der Waals surface area (Å²) < 4.78 is 18.5. The van der Waals surface area contributed by atoms with Gasteiger partial charge in [-0.05, 0) is 17.7 Å². The molecule has 0 aliphatic carbocycles. The lowest BCUT2D eigenvalue weighted by Crippen LogP contribution is -2.46. The summed E-state index contributed by atoms with van der Waals surface area (Å²) in [5, 5.41) is -0.302. The van der Waals surface area contributed by atoms with Crippen LogP contribution in [0.15, 0.2) is 24.3 Å². The van der Waals surface area contributed by atoms with Crippen molar-refractivity contribution >= 4 is 17.3 Å². The Labute approximate surface area is 98.9 Å². The second-order valence-electron chi connectivity index (χ2n) is 4.00. The Balaban J connectivity index is 2.08. The van der Waals surface area contributed by atoms with Crippen LogP contribution in [0.4, 0.5) is 10.2 Å². The van der Waals surface area contributed by atoms with Crippen molar-refractivity contribution in [3.8, 4) is 0 Å². The zero-order chi connectivity index (χ0) is 11.6. The molecule has 1 unspecified atom stereocenters. The molecule has 1 saturated heterocycles. The molecule has 1 aliphatic rings. The first-order chi connectivity index (χ1) is 7.57. The van der Waals surface area contributed by atoms with Crippen molar-refractivity contribution < 1.29 is 9.22 Å². The second-order valence-corrected chi connectivity index (χ2v) is 4.69. The Hall–Kier alpha value is -0.840. The van der Waals surface area contributed by atoms with Gasteiger partial charge >= 0.3 is 0 Å². The van der Waals surface area contributed by atoms with Crippen molar-refractivity contribution in [2.24, 2.45) is 0 Å². The number of halogens is 2. The molecule has 0 spiro atoms. The van der Waals surface area contributed by atoms with Crippen LogP contribution in [0, 0.1) is 0 Å². The number of nitrogens with zero attached hydrogens (tertiary/aromatic N) is 1. The number of nitrogens with two attached hydrogens (primary N) is 1. The van der Waals surface area contributed by atoms with Crippen molar-refractivity contribution in [3.05, 3.63) is 29.8 Å². The van der Waals surface area contributed by atoms with Crippen LogP contribution in [0.3, 0.4) is 0 Å². The van der Waals surface area contributed by atoms with E-state index in [0.717, 1.165) is 5.56 Å². The Morgan fingerprint density at radius 1 is 1.56 bits per heavy atom. The highest BCUT2D eigenvalue weighted by atomic mass is 35.5. The van der Waals surface area contributed by atoms with E-state index in [2.05, 4.69) is 0 Å². The molecule has 1 atom stereocenters. The first-order valence-corrected chi connectivity index (χ1v) is 5.53. The Morgan fingerprint density at radius 2 is 2.38 bits per heavy atom. The van der Waals surface area contributed by atoms with Gasteiger partial charge in [0.05, 0.1) is 19.7 Å². The number of alkyl halides is 1. The Kier molecular flexibility index (Phi) is 3.33. The molecule has 5 heteroatoms. The number of hydrogen-bond donors (Lipinski definition) is 1. The smallest absolute Gasteiger partial charge is 0.161 e. The minimum Gasteiger partial charge on any atom is -0.399 e. The maximum Gasteiger partial charge on any atom is 0.161 e. The molecule has 0 radical (unpaired) electrons. The van der Waals surface area contributed by atoms with Crippen molar-refractivity contribution in [2.75, 3.05) is 25.4 Å².